The molecule has 0 radical (unpaired) electrons. The molecule has 188 valence electrons. The third-order valence-electron chi connectivity index (χ3n) is 5.55. The van der Waals surface area contributed by atoms with Crippen LogP contribution >= 0.6 is 11.3 Å². The lowest BCUT2D eigenvalue weighted by atomic mass is 9.81. The van der Waals surface area contributed by atoms with Crippen LogP contribution < -0.4 is 10.6 Å². The summed E-state index contributed by atoms with van der Waals surface area (Å²) in [6, 6.07) is 3.94. The molecule has 2 aromatic rings. The minimum absolute atomic E-state index is 0.0380. The highest BCUT2D eigenvalue weighted by atomic mass is 32.1. The molecule has 0 saturated carbocycles. The number of anilines is 1. The van der Waals surface area contributed by atoms with Crippen LogP contribution in [0, 0.1) is 17.0 Å². The maximum atomic E-state index is 12.8. The van der Waals surface area contributed by atoms with Gasteiger partial charge in [-0.25, -0.2) is 9.59 Å². The largest absolute Gasteiger partial charge is 0.462 e. The van der Waals surface area contributed by atoms with E-state index in [2.05, 4.69) is 10.6 Å². The third kappa shape index (κ3) is 5.68. The quantitative estimate of drug-likeness (QED) is 0.327. The van der Waals surface area contributed by atoms with E-state index in [1.54, 1.807) is 13.8 Å². The molecule has 1 aromatic carbocycles. The first-order chi connectivity index (χ1) is 16.3. The Morgan fingerprint density at radius 2 is 1.86 bits per heavy atom. The van der Waals surface area contributed by atoms with Gasteiger partial charge in [0, 0.05) is 27.6 Å². The van der Waals surface area contributed by atoms with Crippen molar-refractivity contribution in [2.75, 3.05) is 18.5 Å². The number of benzene rings is 1. The Bertz CT molecular complexity index is 1200. The number of hydrogen-bond donors (Lipinski definition) is 2. The Kier molecular flexibility index (Phi) is 7.32. The van der Waals surface area contributed by atoms with E-state index in [0.29, 0.717) is 22.5 Å². The molecule has 0 spiro atoms. The summed E-state index contributed by atoms with van der Waals surface area (Å²) in [6.45, 7) is 10.9. The predicted molar refractivity (Wildman–Crippen MR) is 131 cm³/mol. The Hall–Kier alpha value is -3.31. The molecule has 0 aliphatic carbocycles. The van der Waals surface area contributed by atoms with Crippen LogP contribution in [0.25, 0.3) is 0 Å². The summed E-state index contributed by atoms with van der Waals surface area (Å²) in [7, 11) is 0. The molecule has 1 aliphatic heterocycles. The van der Waals surface area contributed by atoms with Crippen LogP contribution in [0.1, 0.15) is 71.3 Å². The number of carbonyl (C=O) groups excluding carboxylic acids is 3. The molecule has 0 bridgehead atoms. The normalized spacial score (nSPS) is 15.6. The molecule has 2 N–H and O–H groups in total. The summed E-state index contributed by atoms with van der Waals surface area (Å²) >= 11 is 1.28. The number of fused-ring (bicyclic) bond motifs is 1. The molecular weight excluding hydrogens is 474 g/mol. The van der Waals surface area contributed by atoms with Gasteiger partial charge in [0.15, 0.2) is 6.61 Å². The van der Waals surface area contributed by atoms with E-state index in [1.165, 1.54) is 23.5 Å². The van der Waals surface area contributed by atoms with E-state index in [4.69, 9.17) is 9.47 Å². The van der Waals surface area contributed by atoms with Gasteiger partial charge in [-0.2, -0.15) is 0 Å². The van der Waals surface area contributed by atoms with Crippen molar-refractivity contribution in [3.8, 4) is 0 Å². The van der Waals surface area contributed by atoms with Gasteiger partial charge in [-0.3, -0.25) is 14.9 Å². The number of esters is 2. The lowest BCUT2D eigenvalue weighted by Crippen LogP contribution is -2.55. The minimum Gasteiger partial charge on any atom is -0.462 e. The van der Waals surface area contributed by atoms with E-state index < -0.39 is 34.9 Å². The lowest BCUT2D eigenvalue weighted by Gasteiger charge is -2.42. The zero-order valence-corrected chi connectivity index (χ0v) is 21.4. The minimum atomic E-state index is -0.869. The number of ether oxygens (including phenoxy) is 2. The summed E-state index contributed by atoms with van der Waals surface area (Å²) in [6.07, 6.45) is 0.563. The number of carbonyl (C=O) groups is 3. The number of rotatable bonds is 7. The van der Waals surface area contributed by atoms with Gasteiger partial charge in [-0.15, -0.1) is 11.3 Å². The van der Waals surface area contributed by atoms with Gasteiger partial charge in [-0.1, -0.05) is 6.07 Å². The third-order valence-corrected chi connectivity index (χ3v) is 7.02. The number of nitrogens with zero attached hydrogens (tertiary/aromatic N) is 1. The van der Waals surface area contributed by atoms with Crippen molar-refractivity contribution in [1.29, 1.82) is 0 Å². The van der Waals surface area contributed by atoms with Crippen LogP contribution in [0.15, 0.2) is 18.2 Å². The standard InChI is InChI=1S/C24H29N3O7S/c1-7-33-22(30)18-15-11-23(3,4)26-24(5,6)19(15)35-20(18)25-17(28)12-34-21(29)14-9-8-13(2)16(10-14)27(31)32/h8-10,26H,7,11-12H2,1-6H3,(H,25,28). The van der Waals surface area contributed by atoms with Gasteiger partial charge in [0.05, 0.1) is 22.7 Å². The fraction of sp³-hybridized carbons (Fsp3) is 0.458. The van der Waals surface area contributed by atoms with Crippen molar-refractivity contribution in [1.82, 2.24) is 5.32 Å². The average molecular weight is 504 g/mol. The van der Waals surface area contributed by atoms with Gasteiger partial charge in [0.25, 0.3) is 11.6 Å². The van der Waals surface area contributed by atoms with Crippen LogP contribution in [0.5, 0.6) is 0 Å². The Morgan fingerprint density at radius 3 is 2.49 bits per heavy atom. The second kappa shape index (κ2) is 9.74. The van der Waals surface area contributed by atoms with E-state index in [0.717, 1.165) is 16.5 Å². The zero-order chi connectivity index (χ0) is 26.1. The second-order valence-electron chi connectivity index (χ2n) is 9.53. The maximum Gasteiger partial charge on any atom is 0.341 e. The number of thiophene rings is 1. The van der Waals surface area contributed by atoms with Gasteiger partial charge in [0.1, 0.15) is 5.00 Å². The highest BCUT2D eigenvalue weighted by molar-refractivity contribution is 7.17. The molecule has 0 fully saturated rings. The van der Waals surface area contributed by atoms with Crippen molar-refractivity contribution >= 4 is 39.9 Å². The zero-order valence-electron chi connectivity index (χ0n) is 20.6. The summed E-state index contributed by atoms with van der Waals surface area (Å²) in [5, 5.41) is 17.7. The first-order valence-corrected chi connectivity index (χ1v) is 11.9. The van der Waals surface area contributed by atoms with Crippen molar-refractivity contribution in [2.45, 2.75) is 59.0 Å². The molecule has 1 amide bonds. The molecule has 0 saturated heterocycles. The SMILES string of the molecule is CCOC(=O)c1c(NC(=O)COC(=O)c2ccc(C)c([N+](=O)[O-])c2)sc2c1CC(C)(C)NC2(C)C. The number of nitro groups is 1. The van der Waals surface area contributed by atoms with Crippen molar-refractivity contribution in [2.24, 2.45) is 0 Å². The van der Waals surface area contributed by atoms with Gasteiger partial charge in [-0.05, 0) is 59.6 Å². The summed E-state index contributed by atoms with van der Waals surface area (Å²) < 4.78 is 10.3. The van der Waals surface area contributed by atoms with Gasteiger partial charge < -0.3 is 20.1 Å². The number of nitrogens with one attached hydrogen (secondary N) is 2. The van der Waals surface area contributed by atoms with Gasteiger partial charge in [0.2, 0.25) is 0 Å². The Labute approximate surface area is 207 Å². The lowest BCUT2D eigenvalue weighted by molar-refractivity contribution is -0.385. The molecule has 0 unspecified atom stereocenters. The molecular formula is C24H29N3O7S. The highest BCUT2D eigenvalue weighted by Gasteiger charge is 2.42. The van der Waals surface area contributed by atoms with Crippen molar-refractivity contribution in [3.63, 3.8) is 0 Å². The molecule has 3 rings (SSSR count). The molecule has 35 heavy (non-hydrogen) atoms. The maximum absolute atomic E-state index is 12.8. The first kappa shape index (κ1) is 26.3. The summed E-state index contributed by atoms with van der Waals surface area (Å²) in [5.41, 5.74) is 0.545. The monoisotopic (exact) mass is 503 g/mol. The fourth-order valence-corrected chi connectivity index (χ4v) is 5.63. The van der Waals surface area contributed by atoms with Crippen LogP contribution in [0.3, 0.4) is 0 Å². The molecule has 11 heteroatoms. The molecule has 1 aromatic heterocycles. The summed E-state index contributed by atoms with van der Waals surface area (Å²) in [4.78, 5) is 49.3. The topological polar surface area (TPSA) is 137 Å². The number of amides is 1. The average Bonchev–Trinajstić information content (AvgIpc) is 3.09. The number of hydrogen-bond acceptors (Lipinski definition) is 9. The van der Waals surface area contributed by atoms with Crippen LogP contribution in [-0.4, -0.2) is 41.5 Å². The Balaban J connectivity index is 1.81. The van der Waals surface area contributed by atoms with E-state index in [1.807, 2.05) is 27.7 Å². The molecule has 10 nitrogen and oxygen atoms in total. The summed E-state index contributed by atoms with van der Waals surface area (Å²) in [5.74, 6) is -2.04. The van der Waals surface area contributed by atoms with Crippen LogP contribution in [0.4, 0.5) is 10.7 Å². The van der Waals surface area contributed by atoms with Crippen molar-refractivity contribution in [3.05, 3.63) is 55.4 Å². The molecule has 0 atom stereocenters. The molecule has 1 aliphatic rings. The second-order valence-corrected chi connectivity index (χ2v) is 10.5. The smallest absolute Gasteiger partial charge is 0.341 e. The fourth-order valence-electron chi connectivity index (χ4n) is 4.34. The van der Waals surface area contributed by atoms with Crippen LogP contribution in [-0.2, 0) is 26.2 Å². The van der Waals surface area contributed by atoms with E-state index in [-0.39, 0.29) is 23.4 Å². The van der Waals surface area contributed by atoms with Crippen molar-refractivity contribution < 1.29 is 28.8 Å². The van der Waals surface area contributed by atoms with Gasteiger partial charge >= 0.3 is 11.9 Å². The van der Waals surface area contributed by atoms with Crippen LogP contribution in [0.2, 0.25) is 0 Å². The Morgan fingerprint density at radius 1 is 1.17 bits per heavy atom. The number of aryl methyl sites for hydroxylation is 1. The molecule has 2 heterocycles. The first-order valence-electron chi connectivity index (χ1n) is 11.1. The number of nitro benzene ring substituents is 1. The highest BCUT2D eigenvalue weighted by Crippen LogP contribution is 2.45. The van der Waals surface area contributed by atoms with E-state index in [9.17, 15) is 24.5 Å². The predicted octanol–water partition coefficient (Wildman–Crippen LogP) is 4.10. The van der Waals surface area contributed by atoms with E-state index >= 15 is 0 Å².